The number of hydrogen-bond donors (Lipinski definition) is 1. The minimum Gasteiger partial charge on any atom is -0.382 e. The Labute approximate surface area is 129 Å². The monoisotopic (exact) mass is 344 g/mol. The van der Waals surface area contributed by atoms with Gasteiger partial charge in [-0.3, -0.25) is 9.69 Å². The van der Waals surface area contributed by atoms with Crippen molar-refractivity contribution in [2.75, 3.05) is 27.2 Å². The molecule has 1 aromatic heterocycles. The summed E-state index contributed by atoms with van der Waals surface area (Å²) in [6.45, 7) is -0.511. The molecule has 0 saturated carbocycles. The van der Waals surface area contributed by atoms with Crippen molar-refractivity contribution in [3.8, 4) is 0 Å². The molecule has 0 saturated heterocycles. The van der Waals surface area contributed by atoms with E-state index in [1.807, 2.05) is 0 Å². The van der Waals surface area contributed by atoms with E-state index >= 15 is 0 Å². The Balaban J connectivity index is 2.44. The molecule has 0 aromatic carbocycles. The zero-order valence-corrected chi connectivity index (χ0v) is 13.1. The smallest absolute Gasteiger partial charge is 0.382 e. The number of hydrogen-bond acceptors (Lipinski definition) is 4. The maximum Gasteiger partial charge on any atom is 0.415 e. The molecule has 0 aliphatic rings. The predicted octanol–water partition coefficient (Wildman–Crippen LogP) is 2.21. The Morgan fingerprint density at radius 1 is 1.43 bits per heavy atom. The molecule has 0 aliphatic carbocycles. The number of alkyl halides is 3. The van der Waals surface area contributed by atoms with Gasteiger partial charge >= 0.3 is 6.18 Å². The van der Waals surface area contributed by atoms with E-state index in [1.54, 1.807) is 19.2 Å². The van der Waals surface area contributed by atoms with Crippen LogP contribution < -0.4 is 0 Å². The van der Waals surface area contributed by atoms with E-state index in [0.717, 1.165) is 9.78 Å². The maximum absolute atomic E-state index is 12.2. The summed E-state index contributed by atoms with van der Waals surface area (Å²) < 4.78 is 37.2. The van der Waals surface area contributed by atoms with Crippen molar-refractivity contribution in [3.05, 3.63) is 21.3 Å². The SMILES string of the molecule is CN(CC(=O)N(C)Cc1ccc(Cl)s1)CC(O)C(F)(F)F. The van der Waals surface area contributed by atoms with E-state index in [2.05, 4.69) is 0 Å². The van der Waals surface area contributed by atoms with Crippen molar-refractivity contribution in [1.29, 1.82) is 0 Å². The van der Waals surface area contributed by atoms with Crippen LogP contribution in [0, 0.1) is 0 Å². The average Bonchev–Trinajstić information content (AvgIpc) is 2.73. The Kier molecular flexibility index (Phi) is 6.45. The highest BCUT2D eigenvalue weighted by Crippen LogP contribution is 2.22. The van der Waals surface area contributed by atoms with Crippen molar-refractivity contribution < 1.29 is 23.1 Å². The molecule has 1 heterocycles. The number of carbonyl (C=O) groups is 1. The minimum absolute atomic E-state index is 0.206. The van der Waals surface area contributed by atoms with Crippen LogP contribution in [0.3, 0.4) is 0 Å². The van der Waals surface area contributed by atoms with Crippen LogP contribution >= 0.6 is 22.9 Å². The van der Waals surface area contributed by atoms with Crippen molar-refractivity contribution in [3.63, 3.8) is 0 Å². The molecule has 0 aliphatic heterocycles. The molecule has 1 aromatic rings. The fourth-order valence-corrected chi connectivity index (χ4v) is 2.71. The van der Waals surface area contributed by atoms with Crippen LogP contribution in [0.15, 0.2) is 12.1 Å². The molecule has 0 fully saturated rings. The molecule has 0 bridgehead atoms. The molecule has 4 nitrogen and oxygen atoms in total. The number of halogens is 4. The summed E-state index contributed by atoms with van der Waals surface area (Å²) in [6, 6.07) is 3.50. The van der Waals surface area contributed by atoms with E-state index in [0.29, 0.717) is 10.9 Å². The van der Waals surface area contributed by atoms with E-state index in [9.17, 15) is 18.0 Å². The fourth-order valence-electron chi connectivity index (χ4n) is 1.57. The lowest BCUT2D eigenvalue weighted by atomic mass is 10.3. The van der Waals surface area contributed by atoms with Gasteiger partial charge in [-0.25, -0.2) is 0 Å². The summed E-state index contributed by atoms with van der Waals surface area (Å²) in [5, 5.41) is 8.94. The van der Waals surface area contributed by atoms with Crippen LogP contribution in [0.5, 0.6) is 0 Å². The average molecular weight is 345 g/mol. The molecule has 1 atom stereocenters. The van der Waals surface area contributed by atoms with E-state index in [1.165, 1.54) is 23.3 Å². The lowest BCUT2D eigenvalue weighted by molar-refractivity contribution is -0.207. The molecule has 0 radical (unpaired) electrons. The van der Waals surface area contributed by atoms with Gasteiger partial charge in [0, 0.05) is 18.5 Å². The number of aliphatic hydroxyl groups excluding tert-OH is 1. The van der Waals surface area contributed by atoms with Gasteiger partial charge in [0.25, 0.3) is 0 Å². The minimum atomic E-state index is -4.68. The first kappa shape index (κ1) is 18.2. The van der Waals surface area contributed by atoms with Crippen molar-refractivity contribution in [2.24, 2.45) is 0 Å². The summed E-state index contributed by atoms with van der Waals surface area (Å²) in [4.78, 5) is 15.3. The van der Waals surface area contributed by atoms with Gasteiger partial charge in [0.1, 0.15) is 0 Å². The van der Waals surface area contributed by atoms with Gasteiger partial charge in [-0.2, -0.15) is 13.2 Å². The molecule has 1 rings (SSSR count). The normalized spacial score (nSPS) is 13.5. The Morgan fingerprint density at radius 2 is 2.05 bits per heavy atom. The summed E-state index contributed by atoms with van der Waals surface area (Å²) >= 11 is 7.12. The van der Waals surface area contributed by atoms with Gasteiger partial charge in [-0.15, -0.1) is 11.3 Å². The molecule has 1 unspecified atom stereocenters. The number of aliphatic hydroxyl groups is 1. The van der Waals surface area contributed by atoms with Gasteiger partial charge in [0.05, 0.1) is 17.4 Å². The molecular weight excluding hydrogens is 329 g/mol. The van der Waals surface area contributed by atoms with Crippen LogP contribution in [0.2, 0.25) is 4.34 Å². The van der Waals surface area contributed by atoms with Crippen LogP contribution in [-0.2, 0) is 11.3 Å². The zero-order valence-electron chi connectivity index (χ0n) is 11.5. The largest absolute Gasteiger partial charge is 0.415 e. The van der Waals surface area contributed by atoms with Gasteiger partial charge in [0.15, 0.2) is 6.10 Å². The van der Waals surface area contributed by atoms with Crippen molar-refractivity contribution in [2.45, 2.75) is 18.8 Å². The Hall–Kier alpha value is -0.830. The highest BCUT2D eigenvalue weighted by molar-refractivity contribution is 7.16. The zero-order chi connectivity index (χ0) is 16.2. The second-order valence-electron chi connectivity index (χ2n) is 4.71. The second-order valence-corrected chi connectivity index (χ2v) is 6.51. The summed E-state index contributed by atoms with van der Waals surface area (Å²) in [5.74, 6) is -0.337. The first-order valence-electron chi connectivity index (χ1n) is 6.01. The van der Waals surface area contributed by atoms with Gasteiger partial charge in [-0.05, 0) is 19.2 Å². The van der Waals surface area contributed by atoms with E-state index in [-0.39, 0.29) is 12.5 Å². The lowest BCUT2D eigenvalue weighted by Crippen LogP contribution is -2.43. The molecule has 1 amide bonds. The van der Waals surface area contributed by atoms with Crippen LogP contribution in [0.4, 0.5) is 13.2 Å². The van der Waals surface area contributed by atoms with Gasteiger partial charge in [-0.1, -0.05) is 11.6 Å². The van der Waals surface area contributed by atoms with E-state index < -0.39 is 18.8 Å². The molecule has 0 spiro atoms. The first-order chi connectivity index (χ1) is 9.59. The lowest BCUT2D eigenvalue weighted by Gasteiger charge is -2.24. The molecule has 9 heteroatoms. The Bertz CT molecular complexity index is 481. The predicted molar refractivity (Wildman–Crippen MR) is 75.4 cm³/mol. The number of nitrogens with zero attached hydrogens (tertiary/aromatic N) is 2. The third kappa shape index (κ3) is 6.21. The molecular formula is C12H16ClF3N2O2S. The van der Waals surface area contributed by atoms with Crippen LogP contribution in [0.1, 0.15) is 4.88 Å². The van der Waals surface area contributed by atoms with Crippen LogP contribution in [-0.4, -0.2) is 60.3 Å². The topological polar surface area (TPSA) is 43.8 Å². The first-order valence-corrected chi connectivity index (χ1v) is 7.20. The number of thiophene rings is 1. The third-order valence-corrected chi connectivity index (χ3v) is 3.93. The fraction of sp³-hybridized carbons (Fsp3) is 0.583. The third-order valence-electron chi connectivity index (χ3n) is 2.72. The Morgan fingerprint density at radius 3 is 2.52 bits per heavy atom. The summed E-state index contributed by atoms with van der Waals surface area (Å²) in [7, 11) is 2.91. The summed E-state index contributed by atoms with van der Waals surface area (Å²) in [6.07, 6.45) is -7.14. The summed E-state index contributed by atoms with van der Waals surface area (Å²) in [5.41, 5.74) is 0. The highest BCUT2D eigenvalue weighted by atomic mass is 35.5. The number of carbonyl (C=O) groups excluding carboxylic acids is 1. The standard InChI is InChI=1S/C12H16ClF3N2O2S/c1-17(6-9(19)12(14,15)16)7-11(20)18(2)5-8-3-4-10(13)21-8/h3-4,9,19H,5-7H2,1-2H3. The quantitative estimate of drug-likeness (QED) is 0.860. The molecule has 120 valence electrons. The van der Waals surface area contributed by atoms with Gasteiger partial charge < -0.3 is 10.0 Å². The van der Waals surface area contributed by atoms with E-state index in [4.69, 9.17) is 16.7 Å². The number of likely N-dealkylation sites (N-methyl/N-ethyl adjacent to an activating group) is 2. The number of rotatable bonds is 6. The molecule has 1 N–H and O–H groups in total. The van der Waals surface area contributed by atoms with Gasteiger partial charge in [0.2, 0.25) is 5.91 Å². The number of amides is 1. The maximum atomic E-state index is 12.2. The van der Waals surface area contributed by atoms with Crippen molar-refractivity contribution in [1.82, 2.24) is 9.80 Å². The van der Waals surface area contributed by atoms with Crippen LogP contribution in [0.25, 0.3) is 0 Å². The second kappa shape index (κ2) is 7.44. The molecule has 21 heavy (non-hydrogen) atoms. The highest BCUT2D eigenvalue weighted by Gasteiger charge is 2.38. The van der Waals surface area contributed by atoms with Crippen molar-refractivity contribution >= 4 is 28.8 Å².